The van der Waals surface area contributed by atoms with E-state index in [1.54, 1.807) is 6.92 Å². The van der Waals surface area contributed by atoms with Crippen LogP contribution in [0.4, 0.5) is 0 Å². The van der Waals surface area contributed by atoms with Gasteiger partial charge in [0.1, 0.15) is 11.3 Å². The predicted molar refractivity (Wildman–Crippen MR) is 58.5 cm³/mol. The number of esters is 1. The molecule has 0 bridgehead atoms. The number of aromatic amines is 1. The SMILES string of the molecule is CCCc1[nH]nc(C(C)=O)c1C(=O)OCC. The molecule has 0 saturated carbocycles. The van der Waals surface area contributed by atoms with Crippen molar-refractivity contribution in [1.82, 2.24) is 10.2 Å². The van der Waals surface area contributed by atoms with E-state index in [-0.39, 0.29) is 23.6 Å². The normalized spacial score (nSPS) is 10.2. The van der Waals surface area contributed by atoms with E-state index in [0.29, 0.717) is 12.1 Å². The summed E-state index contributed by atoms with van der Waals surface area (Å²) in [7, 11) is 0. The van der Waals surface area contributed by atoms with E-state index in [9.17, 15) is 9.59 Å². The first-order chi connectivity index (χ1) is 7.61. The minimum absolute atomic E-state index is 0.168. The van der Waals surface area contributed by atoms with E-state index >= 15 is 0 Å². The van der Waals surface area contributed by atoms with Gasteiger partial charge in [0.15, 0.2) is 5.78 Å². The minimum atomic E-state index is -0.482. The Balaban J connectivity index is 3.13. The zero-order valence-electron chi connectivity index (χ0n) is 9.79. The van der Waals surface area contributed by atoms with Gasteiger partial charge in [-0.2, -0.15) is 5.10 Å². The quantitative estimate of drug-likeness (QED) is 0.610. The highest BCUT2D eigenvalue weighted by Gasteiger charge is 2.23. The van der Waals surface area contributed by atoms with E-state index in [1.807, 2.05) is 6.92 Å². The summed E-state index contributed by atoms with van der Waals surface area (Å²) in [5.41, 5.74) is 1.13. The molecule has 0 unspecified atom stereocenters. The van der Waals surface area contributed by atoms with Gasteiger partial charge in [-0.05, 0) is 13.3 Å². The number of ether oxygens (including phenoxy) is 1. The van der Waals surface area contributed by atoms with E-state index in [0.717, 1.165) is 6.42 Å². The third kappa shape index (κ3) is 2.48. The second-order valence-corrected chi connectivity index (χ2v) is 3.45. The van der Waals surface area contributed by atoms with Gasteiger partial charge >= 0.3 is 5.97 Å². The van der Waals surface area contributed by atoms with Crippen molar-refractivity contribution >= 4 is 11.8 Å². The van der Waals surface area contributed by atoms with Crippen LogP contribution in [0.1, 0.15) is 53.7 Å². The second-order valence-electron chi connectivity index (χ2n) is 3.45. The maximum atomic E-state index is 11.7. The van der Waals surface area contributed by atoms with E-state index < -0.39 is 5.97 Å². The maximum absolute atomic E-state index is 11.7. The third-order valence-corrected chi connectivity index (χ3v) is 2.15. The van der Waals surface area contributed by atoms with Gasteiger partial charge in [-0.25, -0.2) is 4.79 Å². The first-order valence-corrected chi connectivity index (χ1v) is 5.37. The molecule has 1 aromatic rings. The van der Waals surface area contributed by atoms with Crippen molar-refractivity contribution < 1.29 is 14.3 Å². The molecule has 0 spiro atoms. The number of aryl methyl sites for hydroxylation is 1. The minimum Gasteiger partial charge on any atom is -0.462 e. The number of carbonyl (C=O) groups is 2. The number of hydrogen-bond acceptors (Lipinski definition) is 4. The molecule has 1 rings (SSSR count). The maximum Gasteiger partial charge on any atom is 0.342 e. The monoisotopic (exact) mass is 224 g/mol. The average molecular weight is 224 g/mol. The summed E-state index contributed by atoms with van der Waals surface area (Å²) in [6.07, 6.45) is 1.54. The van der Waals surface area contributed by atoms with Crippen LogP contribution in [0.2, 0.25) is 0 Å². The summed E-state index contributed by atoms with van der Waals surface area (Å²) >= 11 is 0. The fraction of sp³-hybridized carbons (Fsp3) is 0.545. The van der Waals surface area contributed by atoms with E-state index in [1.165, 1.54) is 6.92 Å². The van der Waals surface area contributed by atoms with Crippen LogP contribution in [0.15, 0.2) is 0 Å². The molecule has 16 heavy (non-hydrogen) atoms. The molecular formula is C11H16N2O3. The van der Waals surface area contributed by atoms with Gasteiger partial charge in [0.25, 0.3) is 0 Å². The molecule has 1 heterocycles. The van der Waals surface area contributed by atoms with Crippen LogP contribution in [-0.4, -0.2) is 28.6 Å². The van der Waals surface area contributed by atoms with Gasteiger partial charge in [0.2, 0.25) is 0 Å². The lowest BCUT2D eigenvalue weighted by Gasteiger charge is -2.03. The van der Waals surface area contributed by atoms with Crippen molar-refractivity contribution in [2.75, 3.05) is 6.61 Å². The Hall–Kier alpha value is -1.65. The van der Waals surface area contributed by atoms with Crippen LogP contribution < -0.4 is 0 Å². The average Bonchev–Trinajstić information content (AvgIpc) is 2.62. The smallest absolute Gasteiger partial charge is 0.342 e. The van der Waals surface area contributed by atoms with Crippen LogP contribution in [-0.2, 0) is 11.2 Å². The summed E-state index contributed by atoms with van der Waals surface area (Å²) in [6, 6.07) is 0. The third-order valence-electron chi connectivity index (χ3n) is 2.15. The number of ketones is 1. The molecule has 0 fully saturated rings. The number of nitrogens with zero attached hydrogens (tertiary/aromatic N) is 1. The van der Waals surface area contributed by atoms with E-state index in [4.69, 9.17) is 4.74 Å². The summed E-state index contributed by atoms with van der Waals surface area (Å²) in [5, 5.41) is 6.59. The molecule has 1 aromatic heterocycles. The van der Waals surface area contributed by atoms with Gasteiger partial charge in [-0.3, -0.25) is 9.89 Å². The molecule has 0 aliphatic rings. The highest BCUT2D eigenvalue weighted by atomic mass is 16.5. The summed E-state index contributed by atoms with van der Waals surface area (Å²) < 4.78 is 4.91. The number of hydrogen-bond donors (Lipinski definition) is 1. The number of Topliss-reactive ketones (excluding diaryl/α,β-unsaturated/α-hetero) is 1. The molecule has 1 N–H and O–H groups in total. The summed E-state index contributed by atoms with van der Waals surface area (Å²) in [6.45, 7) is 5.38. The number of aromatic nitrogens is 2. The standard InChI is InChI=1S/C11H16N2O3/c1-4-6-8-9(11(15)16-5-2)10(7(3)14)13-12-8/h4-6H2,1-3H3,(H,12,13). The highest BCUT2D eigenvalue weighted by molar-refractivity contribution is 6.04. The van der Waals surface area contributed by atoms with Gasteiger partial charge in [0.05, 0.1) is 12.3 Å². The number of carbonyl (C=O) groups excluding carboxylic acids is 2. The Morgan fingerprint density at radius 1 is 1.38 bits per heavy atom. The number of H-pyrrole nitrogens is 1. The Morgan fingerprint density at radius 3 is 2.56 bits per heavy atom. The van der Waals surface area contributed by atoms with Crippen molar-refractivity contribution in [2.24, 2.45) is 0 Å². The second kappa shape index (κ2) is 5.44. The molecule has 5 nitrogen and oxygen atoms in total. The fourth-order valence-corrected chi connectivity index (χ4v) is 1.49. The van der Waals surface area contributed by atoms with Gasteiger partial charge in [0, 0.05) is 6.92 Å². The molecule has 0 aromatic carbocycles. The van der Waals surface area contributed by atoms with Crippen molar-refractivity contribution in [3.8, 4) is 0 Å². The summed E-state index contributed by atoms with van der Waals surface area (Å²) in [4.78, 5) is 23.0. The van der Waals surface area contributed by atoms with Crippen LogP contribution in [0, 0.1) is 0 Å². The zero-order chi connectivity index (χ0) is 12.1. The van der Waals surface area contributed by atoms with Gasteiger partial charge in [-0.1, -0.05) is 13.3 Å². The van der Waals surface area contributed by atoms with Crippen molar-refractivity contribution in [3.63, 3.8) is 0 Å². The van der Waals surface area contributed by atoms with Gasteiger partial charge in [-0.15, -0.1) is 0 Å². The van der Waals surface area contributed by atoms with Gasteiger partial charge < -0.3 is 4.74 Å². The molecule has 0 atom stereocenters. The van der Waals surface area contributed by atoms with E-state index in [2.05, 4.69) is 10.2 Å². The molecule has 0 saturated heterocycles. The lowest BCUT2D eigenvalue weighted by atomic mass is 10.1. The number of rotatable bonds is 5. The van der Waals surface area contributed by atoms with Crippen LogP contribution >= 0.6 is 0 Å². The molecule has 0 amide bonds. The largest absolute Gasteiger partial charge is 0.462 e. The Kier molecular flexibility index (Phi) is 4.22. The van der Waals surface area contributed by atoms with Crippen molar-refractivity contribution in [1.29, 1.82) is 0 Å². The fourth-order valence-electron chi connectivity index (χ4n) is 1.49. The molecular weight excluding hydrogens is 208 g/mol. The van der Waals surface area contributed by atoms with Crippen LogP contribution in [0.3, 0.4) is 0 Å². The predicted octanol–water partition coefficient (Wildman–Crippen LogP) is 1.74. The molecule has 88 valence electrons. The van der Waals surface area contributed by atoms with Crippen LogP contribution in [0.25, 0.3) is 0 Å². The lowest BCUT2D eigenvalue weighted by molar-refractivity contribution is 0.0522. The molecule has 0 radical (unpaired) electrons. The van der Waals surface area contributed by atoms with Crippen molar-refractivity contribution in [2.45, 2.75) is 33.6 Å². The Labute approximate surface area is 94.2 Å². The molecule has 0 aliphatic heterocycles. The van der Waals surface area contributed by atoms with Crippen LogP contribution in [0.5, 0.6) is 0 Å². The Bertz CT molecular complexity index is 396. The summed E-state index contributed by atoms with van der Waals surface area (Å²) in [5.74, 6) is -0.716. The topological polar surface area (TPSA) is 72.0 Å². The van der Waals surface area contributed by atoms with Crippen molar-refractivity contribution in [3.05, 3.63) is 17.0 Å². The first-order valence-electron chi connectivity index (χ1n) is 5.37. The zero-order valence-corrected chi connectivity index (χ0v) is 9.79. The molecule has 0 aliphatic carbocycles. The lowest BCUT2D eigenvalue weighted by Crippen LogP contribution is -2.11. The molecule has 5 heteroatoms. The number of nitrogens with one attached hydrogen (secondary N) is 1. The highest BCUT2D eigenvalue weighted by Crippen LogP contribution is 2.15. The Morgan fingerprint density at radius 2 is 2.06 bits per heavy atom. The first kappa shape index (κ1) is 12.4.